The zero-order chi connectivity index (χ0) is 13.2. The van der Waals surface area contributed by atoms with E-state index in [1.807, 2.05) is 41.3 Å². The van der Waals surface area contributed by atoms with Gasteiger partial charge in [-0.15, -0.1) is 0 Å². The molecule has 0 aliphatic heterocycles. The second kappa shape index (κ2) is 4.93. The Balaban J connectivity index is 2.19. The Kier molecular flexibility index (Phi) is 3.13. The molecular formula is C14H14N4S. The molecule has 1 aromatic carbocycles. The number of fused-ring (bicyclic) bond motifs is 1. The maximum absolute atomic E-state index is 5.27. The Labute approximate surface area is 116 Å². The fourth-order valence-electron chi connectivity index (χ4n) is 2.17. The first-order chi connectivity index (χ1) is 9.29. The van der Waals surface area contributed by atoms with Gasteiger partial charge in [0.15, 0.2) is 0 Å². The lowest BCUT2D eigenvalue weighted by molar-refractivity contribution is 0.603. The molecule has 0 bridgehead atoms. The third kappa shape index (κ3) is 2.17. The molecule has 0 saturated heterocycles. The van der Waals surface area contributed by atoms with Crippen molar-refractivity contribution in [2.24, 2.45) is 0 Å². The van der Waals surface area contributed by atoms with E-state index in [4.69, 9.17) is 12.2 Å². The van der Waals surface area contributed by atoms with Gasteiger partial charge in [0.05, 0.1) is 6.20 Å². The number of nitrogens with zero attached hydrogens (tertiary/aromatic N) is 3. The van der Waals surface area contributed by atoms with Crippen LogP contribution in [-0.4, -0.2) is 20.0 Å². The zero-order valence-electron chi connectivity index (χ0n) is 10.6. The number of rotatable bonds is 3. The molecule has 4 nitrogen and oxygen atoms in total. The average Bonchev–Trinajstić information content (AvgIpc) is 2.88. The molecule has 19 heavy (non-hydrogen) atoms. The maximum atomic E-state index is 5.27. The molecule has 3 aromatic rings. The van der Waals surface area contributed by atoms with E-state index < -0.39 is 0 Å². The minimum absolute atomic E-state index is 0.667. The van der Waals surface area contributed by atoms with Crippen molar-refractivity contribution in [2.45, 2.75) is 19.9 Å². The molecule has 0 fully saturated rings. The van der Waals surface area contributed by atoms with Crippen molar-refractivity contribution in [2.75, 3.05) is 0 Å². The minimum atomic E-state index is 0.667. The molecule has 0 unspecified atom stereocenters. The molecule has 2 heterocycles. The van der Waals surface area contributed by atoms with Crippen LogP contribution in [0, 0.1) is 4.64 Å². The molecule has 2 aromatic heterocycles. The van der Waals surface area contributed by atoms with E-state index >= 15 is 0 Å². The lowest BCUT2D eigenvalue weighted by atomic mass is 10.1. The second-order valence-electron chi connectivity index (χ2n) is 4.44. The van der Waals surface area contributed by atoms with Gasteiger partial charge in [0, 0.05) is 29.1 Å². The molecule has 0 aliphatic rings. The van der Waals surface area contributed by atoms with E-state index in [0.29, 0.717) is 4.64 Å². The number of aromatic amines is 1. The molecule has 96 valence electrons. The Morgan fingerprint density at radius 2 is 2.05 bits per heavy atom. The summed E-state index contributed by atoms with van der Waals surface area (Å²) in [5.41, 5.74) is 1.91. The molecule has 0 aliphatic carbocycles. The van der Waals surface area contributed by atoms with Crippen LogP contribution in [0.5, 0.6) is 0 Å². The first kappa shape index (κ1) is 12.0. The highest BCUT2D eigenvalue weighted by Crippen LogP contribution is 2.25. The molecule has 0 atom stereocenters. The van der Waals surface area contributed by atoms with Crippen molar-refractivity contribution >= 4 is 23.0 Å². The summed E-state index contributed by atoms with van der Waals surface area (Å²) in [5.74, 6) is 0. The van der Waals surface area contributed by atoms with Crippen molar-refractivity contribution in [1.82, 2.24) is 20.0 Å². The normalized spacial score (nSPS) is 11.0. The topological polar surface area (TPSA) is 46.5 Å². The van der Waals surface area contributed by atoms with Crippen molar-refractivity contribution in [3.63, 3.8) is 0 Å². The largest absolute Gasteiger partial charge is 0.272 e. The molecule has 1 N–H and O–H groups in total. The zero-order valence-corrected chi connectivity index (χ0v) is 11.4. The van der Waals surface area contributed by atoms with Crippen molar-refractivity contribution in [1.29, 1.82) is 0 Å². The Morgan fingerprint density at radius 3 is 2.84 bits per heavy atom. The highest BCUT2D eigenvalue weighted by Gasteiger charge is 2.08. The summed E-state index contributed by atoms with van der Waals surface area (Å²) in [4.78, 5) is 0. The van der Waals surface area contributed by atoms with E-state index in [1.54, 1.807) is 0 Å². The van der Waals surface area contributed by atoms with Crippen LogP contribution in [0.1, 0.15) is 13.3 Å². The number of aromatic nitrogens is 4. The first-order valence-electron chi connectivity index (χ1n) is 6.30. The van der Waals surface area contributed by atoms with Crippen LogP contribution in [0.3, 0.4) is 0 Å². The number of nitrogens with one attached hydrogen (secondary N) is 1. The van der Waals surface area contributed by atoms with Crippen LogP contribution in [0.25, 0.3) is 22.0 Å². The quantitative estimate of drug-likeness (QED) is 0.740. The van der Waals surface area contributed by atoms with E-state index in [2.05, 4.69) is 22.2 Å². The summed E-state index contributed by atoms with van der Waals surface area (Å²) in [6.45, 7) is 3.05. The number of benzene rings is 1. The number of hydrogen-bond acceptors (Lipinski definition) is 3. The third-order valence-electron chi connectivity index (χ3n) is 3.06. The van der Waals surface area contributed by atoms with Crippen LogP contribution < -0.4 is 0 Å². The van der Waals surface area contributed by atoms with Crippen LogP contribution in [-0.2, 0) is 6.54 Å². The summed E-state index contributed by atoms with van der Waals surface area (Å²) in [7, 11) is 0. The minimum Gasteiger partial charge on any atom is -0.272 e. The van der Waals surface area contributed by atoms with Crippen LogP contribution >= 0.6 is 12.2 Å². The van der Waals surface area contributed by atoms with Gasteiger partial charge in [-0.25, -0.2) is 0 Å². The summed E-state index contributed by atoms with van der Waals surface area (Å²) in [6, 6.07) is 8.03. The third-order valence-corrected chi connectivity index (χ3v) is 3.37. The number of aryl methyl sites for hydroxylation is 1. The van der Waals surface area contributed by atoms with Gasteiger partial charge in [0.1, 0.15) is 10.3 Å². The number of H-pyrrole nitrogens is 1. The van der Waals surface area contributed by atoms with E-state index in [0.717, 1.165) is 35.0 Å². The van der Waals surface area contributed by atoms with Crippen molar-refractivity contribution in [3.8, 4) is 11.3 Å². The lowest BCUT2D eigenvalue weighted by Crippen LogP contribution is -1.95. The van der Waals surface area contributed by atoms with E-state index in [9.17, 15) is 0 Å². The summed E-state index contributed by atoms with van der Waals surface area (Å²) in [6.07, 6.45) is 4.93. The maximum Gasteiger partial charge on any atom is 0.127 e. The Morgan fingerprint density at radius 1 is 1.26 bits per heavy atom. The monoisotopic (exact) mass is 270 g/mol. The van der Waals surface area contributed by atoms with Crippen molar-refractivity contribution < 1.29 is 0 Å². The molecule has 3 rings (SSSR count). The highest BCUT2D eigenvalue weighted by atomic mass is 32.1. The van der Waals surface area contributed by atoms with Gasteiger partial charge in [-0.1, -0.05) is 43.4 Å². The summed E-state index contributed by atoms with van der Waals surface area (Å²) < 4.78 is 2.60. The van der Waals surface area contributed by atoms with Gasteiger partial charge in [0.2, 0.25) is 0 Å². The van der Waals surface area contributed by atoms with Gasteiger partial charge in [-0.05, 0) is 6.42 Å². The van der Waals surface area contributed by atoms with Crippen LogP contribution in [0.4, 0.5) is 0 Å². The standard InChI is InChI=1S/C14H14N4S/c1-2-7-18-9-10(8-15-18)13-11-5-3-4-6-12(11)14(19)17-16-13/h3-6,8-9H,2,7H2,1H3,(H,17,19). The van der Waals surface area contributed by atoms with Crippen molar-refractivity contribution in [3.05, 3.63) is 41.3 Å². The SMILES string of the molecule is CCCn1cc(-c2n[nH]c(=S)c3ccccc23)cn1. The summed E-state index contributed by atoms with van der Waals surface area (Å²) in [5, 5.41) is 13.7. The second-order valence-corrected chi connectivity index (χ2v) is 4.85. The van der Waals surface area contributed by atoms with Crippen LogP contribution in [0.15, 0.2) is 36.7 Å². The Bertz CT molecular complexity index is 772. The predicted molar refractivity (Wildman–Crippen MR) is 78.4 cm³/mol. The first-order valence-corrected chi connectivity index (χ1v) is 6.70. The fourth-order valence-corrected chi connectivity index (χ4v) is 2.40. The molecule has 0 spiro atoms. The highest BCUT2D eigenvalue weighted by molar-refractivity contribution is 7.71. The van der Waals surface area contributed by atoms with E-state index in [1.165, 1.54) is 0 Å². The van der Waals surface area contributed by atoms with Crippen LogP contribution in [0.2, 0.25) is 0 Å². The fraction of sp³-hybridized carbons (Fsp3) is 0.214. The predicted octanol–water partition coefficient (Wildman–Crippen LogP) is 3.57. The van der Waals surface area contributed by atoms with E-state index in [-0.39, 0.29) is 0 Å². The smallest absolute Gasteiger partial charge is 0.127 e. The van der Waals surface area contributed by atoms with Gasteiger partial charge >= 0.3 is 0 Å². The summed E-state index contributed by atoms with van der Waals surface area (Å²) >= 11 is 5.27. The van der Waals surface area contributed by atoms with Gasteiger partial charge < -0.3 is 0 Å². The molecule has 5 heteroatoms. The molecular weight excluding hydrogens is 256 g/mol. The average molecular weight is 270 g/mol. The lowest BCUT2D eigenvalue weighted by Gasteiger charge is -2.03. The molecule has 0 amide bonds. The Hall–Kier alpha value is -2.01. The molecule has 0 radical (unpaired) electrons. The number of hydrogen-bond donors (Lipinski definition) is 1. The van der Waals surface area contributed by atoms with Gasteiger partial charge in [-0.3, -0.25) is 9.78 Å². The van der Waals surface area contributed by atoms with Gasteiger partial charge in [0.25, 0.3) is 0 Å². The van der Waals surface area contributed by atoms with Gasteiger partial charge in [-0.2, -0.15) is 10.2 Å². The molecule has 0 saturated carbocycles.